The maximum atomic E-state index is 12.2. The molecule has 0 bridgehead atoms. The Kier molecular flexibility index (Phi) is 7.67. The third kappa shape index (κ3) is 5.91. The van der Waals surface area contributed by atoms with Crippen molar-refractivity contribution in [1.82, 2.24) is 5.32 Å². The fourth-order valence-corrected chi connectivity index (χ4v) is 2.40. The molecule has 140 valence electrons. The lowest BCUT2D eigenvalue weighted by Crippen LogP contribution is -2.30. The SMILES string of the molecule is CCCCCCNC(=O)COC(=O)C1=C(Nc2ccccc2)OCC1=O. The quantitative estimate of drug-likeness (QED) is 0.377. The summed E-state index contributed by atoms with van der Waals surface area (Å²) in [7, 11) is 0. The van der Waals surface area contributed by atoms with Gasteiger partial charge in [0.25, 0.3) is 5.91 Å². The molecule has 0 atom stereocenters. The maximum absolute atomic E-state index is 12.2. The van der Waals surface area contributed by atoms with Crippen molar-refractivity contribution in [3.8, 4) is 0 Å². The number of unbranched alkanes of at least 4 members (excludes halogenated alkanes) is 3. The standard InChI is InChI=1S/C19H24N2O5/c1-2-3-4-8-11-20-16(23)13-26-19(24)17-15(22)12-25-18(17)21-14-9-6-5-7-10-14/h5-7,9-10,21H,2-4,8,11-13H2,1H3,(H,20,23). The highest BCUT2D eigenvalue weighted by molar-refractivity contribution is 6.20. The summed E-state index contributed by atoms with van der Waals surface area (Å²) >= 11 is 0. The summed E-state index contributed by atoms with van der Waals surface area (Å²) in [5, 5.41) is 5.56. The predicted molar refractivity (Wildman–Crippen MR) is 96.2 cm³/mol. The van der Waals surface area contributed by atoms with Gasteiger partial charge in [0.05, 0.1) is 0 Å². The van der Waals surface area contributed by atoms with Crippen molar-refractivity contribution in [2.75, 3.05) is 25.1 Å². The summed E-state index contributed by atoms with van der Waals surface area (Å²) in [5.74, 6) is -1.69. The van der Waals surface area contributed by atoms with Crippen LogP contribution in [-0.4, -0.2) is 37.4 Å². The molecule has 1 aliphatic heterocycles. The molecule has 0 fully saturated rings. The van der Waals surface area contributed by atoms with Crippen LogP contribution in [0.1, 0.15) is 32.6 Å². The molecule has 0 aliphatic carbocycles. The maximum Gasteiger partial charge on any atom is 0.347 e. The van der Waals surface area contributed by atoms with E-state index < -0.39 is 18.4 Å². The molecule has 0 unspecified atom stereocenters. The van der Waals surface area contributed by atoms with Crippen LogP contribution in [0.5, 0.6) is 0 Å². The fraction of sp³-hybridized carbons (Fsp3) is 0.421. The van der Waals surface area contributed by atoms with Gasteiger partial charge in [0.2, 0.25) is 11.7 Å². The number of esters is 1. The molecule has 1 heterocycles. The Hall–Kier alpha value is -2.83. The Morgan fingerprint density at radius 2 is 1.92 bits per heavy atom. The van der Waals surface area contributed by atoms with Gasteiger partial charge in [0.1, 0.15) is 0 Å². The van der Waals surface area contributed by atoms with E-state index in [1.54, 1.807) is 12.1 Å². The minimum absolute atomic E-state index is 0.0474. The molecular formula is C19H24N2O5. The van der Waals surface area contributed by atoms with Gasteiger partial charge in [0.15, 0.2) is 18.8 Å². The van der Waals surface area contributed by atoms with E-state index in [4.69, 9.17) is 9.47 Å². The van der Waals surface area contributed by atoms with Crippen LogP contribution in [0.15, 0.2) is 41.8 Å². The number of hydrogen-bond acceptors (Lipinski definition) is 6. The van der Waals surface area contributed by atoms with Crippen LogP contribution in [0.2, 0.25) is 0 Å². The van der Waals surface area contributed by atoms with E-state index in [2.05, 4.69) is 17.6 Å². The van der Waals surface area contributed by atoms with Crippen LogP contribution >= 0.6 is 0 Å². The lowest BCUT2D eigenvalue weighted by Gasteiger charge is -2.09. The summed E-state index contributed by atoms with van der Waals surface area (Å²) in [4.78, 5) is 35.8. The molecule has 7 heteroatoms. The van der Waals surface area contributed by atoms with E-state index in [0.29, 0.717) is 12.2 Å². The molecule has 2 rings (SSSR count). The van der Waals surface area contributed by atoms with E-state index in [1.807, 2.05) is 18.2 Å². The molecule has 26 heavy (non-hydrogen) atoms. The molecular weight excluding hydrogens is 336 g/mol. The van der Waals surface area contributed by atoms with Gasteiger partial charge in [-0.15, -0.1) is 0 Å². The summed E-state index contributed by atoms with van der Waals surface area (Å²) < 4.78 is 10.2. The molecule has 7 nitrogen and oxygen atoms in total. The molecule has 2 N–H and O–H groups in total. The van der Waals surface area contributed by atoms with Crippen molar-refractivity contribution in [3.05, 3.63) is 41.8 Å². The van der Waals surface area contributed by atoms with Crippen molar-refractivity contribution in [1.29, 1.82) is 0 Å². The van der Waals surface area contributed by atoms with Crippen molar-refractivity contribution < 1.29 is 23.9 Å². The molecule has 1 aliphatic rings. The van der Waals surface area contributed by atoms with Crippen LogP contribution in [0.3, 0.4) is 0 Å². The Morgan fingerprint density at radius 1 is 1.15 bits per heavy atom. The van der Waals surface area contributed by atoms with Crippen LogP contribution in [0.25, 0.3) is 0 Å². The third-order valence-electron chi connectivity index (χ3n) is 3.78. The minimum Gasteiger partial charge on any atom is -0.470 e. The number of hydrogen-bond donors (Lipinski definition) is 2. The number of Topliss-reactive ketones (excluding diaryl/α,β-unsaturated/α-hetero) is 1. The highest BCUT2D eigenvalue weighted by atomic mass is 16.5. The van der Waals surface area contributed by atoms with Crippen molar-refractivity contribution in [2.24, 2.45) is 0 Å². The second-order valence-corrected chi connectivity index (χ2v) is 5.89. The van der Waals surface area contributed by atoms with Gasteiger partial charge >= 0.3 is 5.97 Å². The fourth-order valence-electron chi connectivity index (χ4n) is 2.40. The topological polar surface area (TPSA) is 93.7 Å². The van der Waals surface area contributed by atoms with Crippen LogP contribution < -0.4 is 10.6 Å². The van der Waals surface area contributed by atoms with Gasteiger partial charge in [-0.3, -0.25) is 9.59 Å². The predicted octanol–water partition coefficient (Wildman–Crippen LogP) is 2.15. The Labute approximate surface area is 152 Å². The lowest BCUT2D eigenvalue weighted by molar-refractivity contribution is -0.145. The average Bonchev–Trinajstić information content (AvgIpc) is 3.00. The van der Waals surface area contributed by atoms with Crippen LogP contribution in [-0.2, 0) is 23.9 Å². The number of amides is 1. The highest BCUT2D eigenvalue weighted by Crippen LogP contribution is 2.20. The average molecular weight is 360 g/mol. The van der Waals surface area contributed by atoms with E-state index in [0.717, 1.165) is 25.7 Å². The molecule has 0 aromatic heterocycles. The number of carbonyl (C=O) groups excluding carboxylic acids is 3. The highest BCUT2D eigenvalue weighted by Gasteiger charge is 2.32. The van der Waals surface area contributed by atoms with Gasteiger partial charge in [-0.2, -0.15) is 0 Å². The van der Waals surface area contributed by atoms with Gasteiger partial charge in [0, 0.05) is 12.2 Å². The molecule has 1 aromatic rings. The molecule has 0 saturated carbocycles. The zero-order valence-corrected chi connectivity index (χ0v) is 14.9. The normalized spacial score (nSPS) is 13.3. The van der Waals surface area contributed by atoms with E-state index in [9.17, 15) is 14.4 Å². The van der Waals surface area contributed by atoms with E-state index >= 15 is 0 Å². The van der Waals surface area contributed by atoms with E-state index in [1.165, 1.54) is 0 Å². The lowest BCUT2D eigenvalue weighted by atomic mass is 10.2. The number of carbonyl (C=O) groups is 3. The smallest absolute Gasteiger partial charge is 0.347 e. The zero-order valence-electron chi connectivity index (χ0n) is 14.9. The largest absolute Gasteiger partial charge is 0.470 e. The second kappa shape index (κ2) is 10.2. The second-order valence-electron chi connectivity index (χ2n) is 5.89. The molecule has 0 radical (unpaired) electrons. The monoisotopic (exact) mass is 360 g/mol. The number of benzene rings is 1. The van der Waals surface area contributed by atoms with Gasteiger partial charge in [-0.05, 0) is 18.6 Å². The third-order valence-corrected chi connectivity index (χ3v) is 3.78. The van der Waals surface area contributed by atoms with Crippen LogP contribution in [0, 0.1) is 0 Å². The van der Waals surface area contributed by atoms with Crippen molar-refractivity contribution >= 4 is 23.3 Å². The van der Waals surface area contributed by atoms with Crippen molar-refractivity contribution in [2.45, 2.75) is 32.6 Å². The first-order valence-electron chi connectivity index (χ1n) is 8.78. The number of para-hydroxylation sites is 1. The Morgan fingerprint density at radius 3 is 2.65 bits per heavy atom. The van der Waals surface area contributed by atoms with Gasteiger partial charge in [-0.1, -0.05) is 44.4 Å². The van der Waals surface area contributed by atoms with Gasteiger partial charge in [-0.25, -0.2) is 4.79 Å². The summed E-state index contributed by atoms with van der Waals surface area (Å²) in [5.41, 5.74) is 0.469. The molecule has 0 saturated heterocycles. The molecule has 1 amide bonds. The number of ether oxygens (including phenoxy) is 2. The van der Waals surface area contributed by atoms with Crippen LogP contribution in [0.4, 0.5) is 5.69 Å². The minimum atomic E-state index is -0.868. The Bertz CT molecular complexity index is 670. The summed E-state index contributed by atoms with van der Waals surface area (Å²) in [6.45, 7) is 1.99. The first kappa shape index (κ1) is 19.5. The number of rotatable bonds is 10. The van der Waals surface area contributed by atoms with Gasteiger partial charge < -0.3 is 20.1 Å². The van der Waals surface area contributed by atoms with Crippen molar-refractivity contribution in [3.63, 3.8) is 0 Å². The van der Waals surface area contributed by atoms with E-state index in [-0.39, 0.29) is 24.0 Å². The zero-order chi connectivity index (χ0) is 18.8. The Balaban J connectivity index is 1.85. The number of anilines is 1. The molecule has 1 aromatic carbocycles. The first-order valence-corrected chi connectivity index (χ1v) is 8.78. The summed E-state index contributed by atoms with van der Waals surface area (Å²) in [6.07, 6.45) is 4.17. The summed E-state index contributed by atoms with van der Waals surface area (Å²) in [6, 6.07) is 9.00. The number of nitrogens with one attached hydrogen (secondary N) is 2. The molecule has 0 spiro atoms. The first-order chi connectivity index (χ1) is 12.6. The number of ketones is 1.